The van der Waals surface area contributed by atoms with Crippen molar-refractivity contribution in [1.29, 1.82) is 0 Å². The quantitative estimate of drug-likeness (QED) is 0.915. The molecule has 20 heavy (non-hydrogen) atoms. The van der Waals surface area contributed by atoms with Crippen LogP contribution in [0.2, 0.25) is 0 Å². The summed E-state index contributed by atoms with van der Waals surface area (Å²) in [5, 5.41) is 8.25. The number of nitrogens with zero attached hydrogens (tertiary/aromatic N) is 3. The number of likely N-dealkylation sites (tertiary alicyclic amines) is 1. The summed E-state index contributed by atoms with van der Waals surface area (Å²) in [6, 6.07) is 4.19. The van der Waals surface area contributed by atoms with Gasteiger partial charge in [0.15, 0.2) is 0 Å². The lowest BCUT2D eigenvalue weighted by atomic mass is 9.94. The molecule has 0 radical (unpaired) electrons. The number of hydrogen-bond donors (Lipinski definition) is 1. The second-order valence-electron chi connectivity index (χ2n) is 5.27. The van der Waals surface area contributed by atoms with E-state index in [-0.39, 0.29) is 6.04 Å². The molecule has 2 N–H and O–H groups in total. The van der Waals surface area contributed by atoms with Crippen molar-refractivity contribution in [1.82, 2.24) is 15.1 Å². The van der Waals surface area contributed by atoms with Crippen molar-refractivity contribution in [3.63, 3.8) is 0 Å². The van der Waals surface area contributed by atoms with Crippen LogP contribution in [-0.2, 0) is 6.54 Å². The van der Waals surface area contributed by atoms with Gasteiger partial charge in [-0.25, -0.2) is 0 Å². The number of halogens is 1. The van der Waals surface area contributed by atoms with Crippen molar-refractivity contribution in [3.8, 4) is 10.8 Å². The smallest absolute Gasteiger partial charge is 0.257 e. The Morgan fingerprint density at radius 3 is 3.05 bits per heavy atom. The first-order valence-corrected chi connectivity index (χ1v) is 8.29. The van der Waals surface area contributed by atoms with E-state index in [1.807, 2.05) is 12.1 Å². The molecule has 2 aromatic heterocycles. The van der Waals surface area contributed by atoms with Crippen molar-refractivity contribution in [2.75, 3.05) is 13.1 Å². The van der Waals surface area contributed by atoms with Gasteiger partial charge in [-0.1, -0.05) is 6.92 Å². The van der Waals surface area contributed by atoms with Gasteiger partial charge in [-0.2, -0.15) is 0 Å². The van der Waals surface area contributed by atoms with Gasteiger partial charge in [-0.15, -0.1) is 21.5 Å². The van der Waals surface area contributed by atoms with Gasteiger partial charge in [0.2, 0.25) is 5.89 Å². The summed E-state index contributed by atoms with van der Waals surface area (Å²) >= 11 is 5.02. The van der Waals surface area contributed by atoms with E-state index in [1.165, 1.54) is 0 Å². The lowest BCUT2D eigenvalue weighted by Gasteiger charge is -2.34. The van der Waals surface area contributed by atoms with E-state index in [1.54, 1.807) is 11.3 Å². The van der Waals surface area contributed by atoms with Crippen molar-refractivity contribution in [3.05, 3.63) is 21.8 Å². The molecule has 2 aromatic rings. The van der Waals surface area contributed by atoms with Crippen LogP contribution in [0, 0.1) is 5.92 Å². The maximum absolute atomic E-state index is 6.11. The number of aromatic nitrogens is 2. The highest BCUT2D eigenvalue weighted by Gasteiger charge is 2.24. The predicted octanol–water partition coefficient (Wildman–Crippen LogP) is 2.73. The van der Waals surface area contributed by atoms with E-state index in [0.29, 0.717) is 24.2 Å². The molecule has 7 heteroatoms. The van der Waals surface area contributed by atoms with Crippen LogP contribution in [-0.4, -0.2) is 34.2 Å². The first-order chi connectivity index (χ1) is 9.61. The molecule has 0 bridgehead atoms. The van der Waals surface area contributed by atoms with Crippen molar-refractivity contribution in [2.45, 2.75) is 25.9 Å². The van der Waals surface area contributed by atoms with Gasteiger partial charge in [-0.3, -0.25) is 4.90 Å². The van der Waals surface area contributed by atoms with Crippen LogP contribution in [0.4, 0.5) is 0 Å². The third kappa shape index (κ3) is 3.11. The van der Waals surface area contributed by atoms with Gasteiger partial charge < -0.3 is 10.2 Å². The largest absolute Gasteiger partial charge is 0.419 e. The topological polar surface area (TPSA) is 68.2 Å². The van der Waals surface area contributed by atoms with E-state index in [0.717, 1.165) is 28.2 Å². The van der Waals surface area contributed by atoms with Crippen LogP contribution >= 0.6 is 27.3 Å². The highest BCUT2D eigenvalue weighted by atomic mass is 79.9. The highest BCUT2D eigenvalue weighted by molar-refractivity contribution is 9.11. The summed E-state index contributed by atoms with van der Waals surface area (Å²) in [6.07, 6.45) is 1.13. The maximum atomic E-state index is 6.11. The lowest BCUT2D eigenvalue weighted by Crippen LogP contribution is -2.47. The van der Waals surface area contributed by atoms with E-state index < -0.39 is 0 Å². The van der Waals surface area contributed by atoms with Crippen LogP contribution in [0.1, 0.15) is 19.2 Å². The molecule has 1 aliphatic heterocycles. The minimum Gasteiger partial charge on any atom is -0.419 e. The summed E-state index contributed by atoms with van der Waals surface area (Å²) in [4.78, 5) is 3.27. The first-order valence-electron chi connectivity index (χ1n) is 6.68. The van der Waals surface area contributed by atoms with Crippen LogP contribution < -0.4 is 5.73 Å². The molecule has 1 saturated heterocycles. The van der Waals surface area contributed by atoms with Crippen LogP contribution in [0.5, 0.6) is 0 Å². The Bertz CT molecular complexity index is 584. The molecular formula is C13H17BrN4OS. The summed E-state index contributed by atoms with van der Waals surface area (Å²) in [7, 11) is 0. The van der Waals surface area contributed by atoms with Crippen LogP contribution in [0.25, 0.3) is 10.8 Å². The molecule has 0 aliphatic carbocycles. The molecule has 0 spiro atoms. The monoisotopic (exact) mass is 356 g/mol. The first kappa shape index (κ1) is 14.2. The lowest BCUT2D eigenvalue weighted by molar-refractivity contribution is 0.150. The summed E-state index contributed by atoms with van der Waals surface area (Å²) in [5.41, 5.74) is 6.11. The van der Waals surface area contributed by atoms with Gasteiger partial charge >= 0.3 is 0 Å². The standard InChI is InChI=1S/C13H17BrN4OS/c1-8-4-5-18(6-9(8)15)7-12-16-17-13(19-12)10-2-3-11(14)20-10/h2-3,8-9H,4-7,15H2,1H3. The Morgan fingerprint density at radius 2 is 2.35 bits per heavy atom. The molecule has 3 heterocycles. The van der Waals surface area contributed by atoms with Crippen molar-refractivity contribution in [2.24, 2.45) is 11.7 Å². The zero-order valence-corrected chi connectivity index (χ0v) is 13.7. The minimum atomic E-state index is 0.236. The Balaban J connectivity index is 1.66. The number of nitrogens with two attached hydrogens (primary N) is 1. The highest BCUT2D eigenvalue weighted by Crippen LogP contribution is 2.30. The van der Waals surface area contributed by atoms with Gasteiger partial charge in [0.05, 0.1) is 15.2 Å². The molecule has 2 unspecified atom stereocenters. The average molecular weight is 357 g/mol. The third-order valence-electron chi connectivity index (χ3n) is 3.71. The van der Waals surface area contributed by atoms with Gasteiger partial charge in [0, 0.05) is 12.6 Å². The van der Waals surface area contributed by atoms with Gasteiger partial charge in [0.1, 0.15) is 0 Å². The summed E-state index contributed by atoms with van der Waals surface area (Å²) < 4.78 is 6.79. The fourth-order valence-electron chi connectivity index (χ4n) is 2.35. The second kappa shape index (κ2) is 5.93. The Hall–Kier alpha value is -0.760. The average Bonchev–Trinajstić information content (AvgIpc) is 3.03. The zero-order chi connectivity index (χ0) is 14.1. The SMILES string of the molecule is CC1CCN(Cc2nnc(-c3ccc(Br)s3)o2)CC1N. The number of hydrogen-bond acceptors (Lipinski definition) is 6. The van der Waals surface area contributed by atoms with Crippen LogP contribution in [0.15, 0.2) is 20.3 Å². The molecule has 108 valence electrons. The van der Waals surface area contributed by atoms with E-state index >= 15 is 0 Å². The molecule has 0 amide bonds. The van der Waals surface area contributed by atoms with Crippen molar-refractivity contribution >= 4 is 27.3 Å². The fraction of sp³-hybridized carbons (Fsp3) is 0.538. The predicted molar refractivity (Wildman–Crippen MR) is 82.3 cm³/mol. The van der Waals surface area contributed by atoms with E-state index in [9.17, 15) is 0 Å². The molecule has 1 aliphatic rings. The fourth-order valence-corrected chi connectivity index (χ4v) is 3.66. The molecule has 2 atom stereocenters. The Kier molecular flexibility index (Phi) is 4.21. The van der Waals surface area contributed by atoms with Crippen LogP contribution in [0.3, 0.4) is 0 Å². The molecule has 5 nitrogen and oxygen atoms in total. The third-order valence-corrected chi connectivity index (χ3v) is 5.32. The molecule has 3 rings (SSSR count). The molecule has 1 fully saturated rings. The molecule has 0 saturated carbocycles. The Morgan fingerprint density at radius 1 is 1.50 bits per heavy atom. The minimum absolute atomic E-state index is 0.236. The molecular weight excluding hydrogens is 340 g/mol. The maximum Gasteiger partial charge on any atom is 0.257 e. The van der Waals surface area contributed by atoms with Crippen molar-refractivity contribution < 1.29 is 4.42 Å². The molecule has 0 aromatic carbocycles. The van der Waals surface area contributed by atoms with Gasteiger partial charge in [-0.05, 0) is 46.9 Å². The summed E-state index contributed by atoms with van der Waals surface area (Å²) in [5.74, 6) is 1.84. The number of rotatable bonds is 3. The second-order valence-corrected chi connectivity index (χ2v) is 7.73. The normalized spacial score (nSPS) is 24.1. The number of piperidine rings is 1. The van der Waals surface area contributed by atoms with E-state index in [4.69, 9.17) is 10.2 Å². The summed E-state index contributed by atoms with van der Waals surface area (Å²) in [6.45, 7) is 4.82. The van der Waals surface area contributed by atoms with Gasteiger partial charge in [0.25, 0.3) is 5.89 Å². The van der Waals surface area contributed by atoms with E-state index in [2.05, 4.69) is 38.0 Å². The Labute approximate surface area is 130 Å². The number of thiophene rings is 1. The zero-order valence-electron chi connectivity index (χ0n) is 11.3.